The minimum Gasteiger partial charge on any atom is -0.370 e. The monoisotopic (exact) mass is 326 g/mol. The molecule has 0 aromatic carbocycles. The third-order valence-electron chi connectivity index (χ3n) is 2.73. The molecule has 0 saturated carbocycles. The van der Waals surface area contributed by atoms with Crippen molar-refractivity contribution >= 4 is 32.3 Å². The quantitative estimate of drug-likeness (QED) is 0.852. The smallest absolute Gasteiger partial charge is 0.263 e. The molecule has 0 amide bonds. The van der Waals surface area contributed by atoms with Crippen LogP contribution in [-0.2, 0) is 10.0 Å². The summed E-state index contributed by atoms with van der Waals surface area (Å²) in [5, 5.41) is 5.22. The number of nitrogens with one attached hydrogen (secondary N) is 2. The fourth-order valence-corrected chi connectivity index (χ4v) is 3.77. The van der Waals surface area contributed by atoms with Crippen LogP contribution in [0.25, 0.3) is 0 Å². The van der Waals surface area contributed by atoms with E-state index in [1.54, 1.807) is 0 Å². The van der Waals surface area contributed by atoms with E-state index in [0.29, 0.717) is 17.5 Å². The number of rotatable bonds is 6. The summed E-state index contributed by atoms with van der Waals surface area (Å²) in [7, 11) is -3.65. The summed E-state index contributed by atoms with van der Waals surface area (Å²) in [5.74, 6) is 0.795. The average Bonchev–Trinajstić information content (AvgIpc) is 2.87. The van der Waals surface area contributed by atoms with Gasteiger partial charge in [-0.25, -0.2) is 18.4 Å². The zero-order valence-electron chi connectivity index (χ0n) is 12.1. The van der Waals surface area contributed by atoms with Crippen LogP contribution in [0.2, 0.25) is 0 Å². The molecule has 8 heteroatoms. The van der Waals surface area contributed by atoms with Gasteiger partial charge in [0.2, 0.25) is 0 Å². The van der Waals surface area contributed by atoms with Gasteiger partial charge < -0.3 is 5.32 Å². The molecule has 6 nitrogen and oxygen atoms in total. The molecule has 0 unspecified atom stereocenters. The van der Waals surface area contributed by atoms with Gasteiger partial charge in [0.15, 0.2) is 5.13 Å². The molecular formula is C13H18N4O2S2. The SMILES string of the molecule is CCNc1cc(S(=O)(=O)Nc2nc(C(C)C)cs2)ccn1. The van der Waals surface area contributed by atoms with E-state index in [2.05, 4.69) is 20.0 Å². The Kier molecular flexibility index (Phi) is 4.79. The van der Waals surface area contributed by atoms with Gasteiger partial charge >= 0.3 is 0 Å². The number of sulfonamides is 1. The lowest BCUT2D eigenvalue weighted by Gasteiger charge is -2.07. The Morgan fingerprint density at radius 2 is 2.14 bits per heavy atom. The van der Waals surface area contributed by atoms with Gasteiger partial charge in [-0.05, 0) is 18.9 Å². The van der Waals surface area contributed by atoms with Gasteiger partial charge in [0.1, 0.15) is 5.82 Å². The minimum atomic E-state index is -3.65. The van der Waals surface area contributed by atoms with E-state index in [1.165, 1.54) is 29.7 Å². The van der Waals surface area contributed by atoms with E-state index in [0.717, 1.165) is 5.69 Å². The third kappa shape index (κ3) is 3.92. The Bertz CT molecular complexity index is 710. The number of pyridine rings is 1. The molecule has 0 radical (unpaired) electrons. The molecule has 21 heavy (non-hydrogen) atoms. The first-order chi connectivity index (χ1) is 9.92. The van der Waals surface area contributed by atoms with Gasteiger partial charge in [0.05, 0.1) is 10.6 Å². The maximum Gasteiger partial charge on any atom is 0.263 e. The molecule has 0 aliphatic carbocycles. The van der Waals surface area contributed by atoms with Crippen molar-refractivity contribution in [2.75, 3.05) is 16.6 Å². The van der Waals surface area contributed by atoms with Crippen molar-refractivity contribution in [1.29, 1.82) is 0 Å². The molecule has 2 aromatic heterocycles. The van der Waals surface area contributed by atoms with Crippen LogP contribution in [0.15, 0.2) is 28.6 Å². The molecule has 0 atom stereocenters. The second-order valence-corrected chi connectivity index (χ2v) is 7.29. The fourth-order valence-electron chi connectivity index (χ4n) is 1.63. The highest BCUT2D eigenvalue weighted by Gasteiger charge is 2.17. The predicted octanol–water partition coefficient (Wildman–Crippen LogP) is 2.89. The summed E-state index contributed by atoms with van der Waals surface area (Å²) in [5.41, 5.74) is 0.876. The topological polar surface area (TPSA) is 84.0 Å². The highest BCUT2D eigenvalue weighted by Crippen LogP contribution is 2.24. The second-order valence-electron chi connectivity index (χ2n) is 4.74. The first-order valence-electron chi connectivity index (χ1n) is 6.60. The van der Waals surface area contributed by atoms with Crippen LogP contribution in [0.5, 0.6) is 0 Å². The summed E-state index contributed by atoms with van der Waals surface area (Å²) in [6.07, 6.45) is 1.47. The minimum absolute atomic E-state index is 0.162. The van der Waals surface area contributed by atoms with Crippen LogP contribution < -0.4 is 10.0 Å². The molecule has 0 aliphatic rings. The van der Waals surface area contributed by atoms with E-state index >= 15 is 0 Å². The van der Waals surface area contributed by atoms with Crippen LogP contribution in [0, 0.1) is 0 Å². The summed E-state index contributed by atoms with van der Waals surface area (Å²) in [6.45, 7) is 6.62. The first kappa shape index (κ1) is 15.7. The predicted molar refractivity (Wildman–Crippen MR) is 85.4 cm³/mol. The molecule has 0 bridgehead atoms. The normalized spacial score (nSPS) is 11.6. The Balaban J connectivity index is 2.23. The molecule has 0 spiro atoms. The van der Waals surface area contributed by atoms with Crippen molar-refractivity contribution in [3.63, 3.8) is 0 Å². The molecule has 2 heterocycles. The van der Waals surface area contributed by atoms with Gasteiger partial charge in [0, 0.05) is 24.2 Å². The van der Waals surface area contributed by atoms with Crippen LogP contribution in [0.3, 0.4) is 0 Å². The number of aromatic nitrogens is 2. The zero-order valence-corrected chi connectivity index (χ0v) is 13.8. The van der Waals surface area contributed by atoms with Crippen molar-refractivity contribution in [2.24, 2.45) is 0 Å². The molecule has 2 aromatic rings. The number of hydrogen-bond acceptors (Lipinski definition) is 6. The Labute approximate surface area is 128 Å². The van der Waals surface area contributed by atoms with Crippen molar-refractivity contribution in [1.82, 2.24) is 9.97 Å². The number of hydrogen-bond donors (Lipinski definition) is 2. The molecule has 0 saturated heterocycles. The van der Waals surface area contributed by atoms with E-state index in [-0.39, 0.29) is 10.8 Å². The highest BCUT2D eigenvalue weighted by molar-refractivity contribution is 7.93. The first-order valence-corrected chi connectivity index (χ1v) is 8.97. The standard InChI is InChI=1S/C13H18N4O2S2/c1-4-14-12-7-10(5-6-15-12)21(18,19)17-13-16-11(8-20-13)9(2)3/h5-9H,4H2,1-3H3,(H,14,15)(H,16,17). The van der Waals surface area contributed by atoms with Crippen molar-refractivity contribution < 1.29 is 8.42 Å². The van der Waals surface area contributed by atoms with Gasteiger partial charge in [-0.3, -0.25) is 4.72 Å². The van der Waals surface area contributed by atoms with Gasteiger partial charge in [-0.15, -0.1) is 11.3 Å². The Morgan fingerprint density at radius 3 is 2.76 bits per heavy atom. The number of nitrogens with zero attached hydrogens (tertiary/aromatic N) is 2. The van der Waals surface area contributed by atoms with E-state index in [1.807, 2.05) is 26.2 Å². The lowest BCUT2D eigenvalue weighted by Crippen LogP contribution is -2.13. The largest absolute Gasteiger partial charge is 0.370 e. The lowest BCUT2D eigenvalue weighted by molar-refractivity contribution is 0.601. The summed E-state index contributed by atoms with van der Waals surface area (Å²) in [6, 6.07) is 2.96. The summed E-state index contributed by atoms with van der Waals surface area (Å²) in [4.78, 5) is 8.50. The third-order valence-corrected chi connectivity index (χ3v) is 4.98. The van der Waals surface area contributed by atoms with Crippen molar-refractivity contribution in [3.8, 4) is 0 Å². The lowest BCUT2D eigenvalue weighted by atomic mass is 10.2. The van der Waals surface area contributed by atoms with E-state index in [9.17, 15) is 8.42 Å². The average molecular weight is 326 g/mol. The molecule has 0 fully saturated rings. The summed E-state index contributed by atoms with van der Waals surface area (Å²) >= 11 is 1.28. The fraction of sp³-hybridized carbons (Fsp3) is 0.385. The number of thiazole rings is 1. The maximum atomic E-state index is 12.3. The van der Waals surface area contributed by atoms with Gasteiger partial charge in [-0.1, -0.05) is 13.8 Å². The Morgan fingerprint density at radius 1 is 1.38 bits per heavy atom. The molecule has 0 aliphatic heterocycles. The molecule has 2 rings (SSSR count). The number of anilines is 2. The van der Waals surface area contributed by atoms with Crippen LogP contribution >= 0.6 is 11.3 Å². The zero-order chi connectivity index (χ0) is 15.5. The van der Waals surface area contributed by atoms with Crippen LogP contribution in [0.1, 0.15) is 32.4 Å². The highest BCUT2D eigenvalue weighted by atomic mass is 32.2. The summed E-state index contributed by atoms with van der Waals surface area (Å²) < 4.78 is 27.2. The maximum absolute atomic E-state index is 12.3. The van der Waals surface area contributed by atoms with Crippen LogP contribution in [-0.4, -0.2) is 24.9 Å². The van der Waals surface area contributed by atoms with Gasteiger partial charge in [0.25, 0.3) is 10.0 Å². The van der Waals surface area contributed by atoms with Gasteiger partial charge in [-0.2, -0.15) is 0 Å². The second kappa shape index (κ2) is 6.40. The van der Waals surface area contributed by atoms with E-state index in [4.69, 9.17) is 0 Å². The molecule has 2 N–H and O–H groups in total. The van der Waals surface area contributed by atoms with Crippen molar-refractivity contribution in [3.05, 3.63) is 29.4 Å². The van der Waals surface area contributed by atoms with Crippen LogP contribution in [0.4, 0.5) is 10.9 Å². The van der Waals surface area contributed by atoms with Crippen molar-refractivity contribution in [2.45, 2.75) is 31.6 Å². The molecule has 114 valence electrons. The molecular weight excluding hydrogens is 308 g/mol. The Hall–Kier alpha value is -1.67. The van der Waals surface area contributed by atoms with E-state index < -0.39 is 10.0 Å².